The number of anilines is 1. The topological polar surface area (TPSA) is 92.9 Å². The van der Waals surface area contributed by atoms with Crippen LogP contribution in [0.2, 0.25) is 0 Å². The molecule has 2 N–H and O–H groups in total. The summed E-state index contributed by atoms with van der Waals surface area (Å²) >= 11 is 0. The number of aromatic nitrogens is 4. The number of rotatable bonds is 5. The summed E-state index contributed by atoms with van der Waals surface area (Å²) in [5, 5.41) is 20.1. The zero-order valence-electron chi connectivity index (χ0n) is 11.7. The second kappa shape index (κ2) is 5.68. The van der Waals surface area contributed by atoms with E-state index in [1.165, 1.54) is 0 Å². The number of hydrogen-bond acceptors (Lipinski definition) is 5. The molecule has 0 spiro atoms. The van der Waals surface area contributed by atoms with E-state index in [1.54, 1.807) is 19.3 Å². The van der Waals surface area contributed by atoms with Crippen LogP contribution in [0.25, 0.3) is 0 Å². The van der Waals surface area contributed by atoms with E-state index in [0.29, 0.717) is 24.3 Å². The molecule has 0 fully saturated rings. The molecule has 0 aromatic carbocycles. The molecule has 0 unspecified atom stereocenters. The Balaban J connectivity index is 2.13. The summed E-state index contributed by atoms with van der Waals surface area (Å²) in [5.74, 6) is 0.257. The van der Waals surface area contributed by atoms with Gasteiger partial charge in [0.25, 0.3) is 0 Å². The average Bonchev–Trinajstić information content (AvgIpc) is 2.73. The predicted molar refractivity (Wildman–Crippen MR) is 73.9 cm³/mol. The Bertz CT molecular complexity index is 636. The quantitative estimate of drug-likeness (QED) is 0.851. The first kappa shape index (κ1) is 14.0. The van der Waals surface area contributed by atoms with Gasteiger partial charge in [0.05, 0.1) is 0 Å². The molecule has 0 bridgehead atoms. The number of pyridine rings is 1. The largest absolute Gasteiger partial charge is 0.478 e. The van der Waals surface area contributed by atoms with Gasteiger partial charge in [-0.05, 0) is 25.5 Å². The molecule has 7 nitrogen and oxygen atoms in total. The van der Waals surface area contributed by atoms with Gasteiger partial charge in [0.1, 0.15) is 23.5 Å². The summed E-state index contributed by atoms with van der Waals surface area (Å²) in [5.41, 5.74) is 1.70. The number of carboxylic acids is 1. The van der Waals surface area contributed by atoms with Gasteiger partial charge in [0.2, 0.25) is 0 Å². The van der Waals surface area contributed by atoms with Crippen molar-refractivity contribution in [2.45, 2.75) is 20.3 Å². The summed E-state index contributed by atoms with van der Waals surface area (Å²) in [6, 6.07) is 1.76. The van der Waals surface area contributed by atoms with Crippen LogP contribution in [-0.4, -0.2) is 37.4 Å². The smallest absolute Gasteiger partial charge is 0.339 e. The van der Waals surface area contributed by atoms with Crippen molar-refractivity contribution in [1.29, 1.82) is 0 Å². The second-order valence-corrected chi connectivity index (χ2v) is 4.64. The van der Waals surface area contributed by atoms with E-state index < -0.39 is 5.97 Å². The summed E-state index contributed by atoms with van der Waals surface area (Å²) in [7, 11) is 1.87. The van der Waals surface area contributed by atoms with Crippen LogP contribution in [0, 0.1) is 13.8 Å². The van der Waals surface area contributed by atoms with Crippen LogP contribution in [0.3, 0.4) is 0 Å². The third kappa shape index (κ3) is 2.93. The highest BCUT2D eigenvalue weighted by Gasteiger charge is 2.15. The van der Waals surface area contributed by atoms with Crippen LogP contribution in [0.4, 0.5) is 5.82 Å². The minimum atomic E-state index is -0.976. The average molecular weight is 275 g/mol. The number of carboxylic acid groups (broad SMARTS) is 1. The number of nitrogens with one attached hydrogen (secondary N) is 1. The lowest BCUT2D eigenvalue weighted by Gasteiger charge is -2.11. The summed E-state index contributed by atoms with van der Waals surface area (Å²) in [6.45, 7) is 4.15. The van der Waals surface area contributed by atoms with Crippen LogP contribution in [0.1, 0.15) is 27.4 Å². The summed E-state index contributed by atoms with van der Waals surface area (Å²) < 4.78 is 1.83. The molecule has 0 saturated carbocycles. The molecular formula is C13H17N5O2. The standard InChI is InChI=1S/C13H17N5O2/c1-8-6-9(2)16-12(11(8)13(19)20)14-5-4-10-17-15-7-18(10)3/h6-7H,4-5H2,1-3H3,(H,14,16)(H,19,20). The van der Waals surface area contributed by atoms with Crippen LogP contribution in [-0.2, 0) is 13.5 Å². The number of hydrogen-bond donors (Lipinski definition) is 2. The first-order valence-electron chi connectivity index (χ1n) is 6.27. The molecule has 7 heteroatoms. The number of aromatic carboxylic acids is 1. The van der Waals surface area contributed by atoms with Crippen molar-refractivity contribution in [2.24, 2.45) is 7.05 Å². The molecule has 106 valence electrons. The normalized spacial score (nSPS) is 10.6. The molecule has 0 aliphatic heterocycles. The molecule has 0 saturated heterocycles. The minimum Gasteiger partial charge on any atom is -0.478 e. The maximum Gasteiger partial charge on any atom is 0.339 e. The predicted octanol–water partition coefficient (Wildman–Crippen LogP) is 1.18. The van der Waals surface area contributed by atoms with Gasteiger partial charge in [-0.15, -0.1) is 10.2 Å². The zero-order chi connectivity index (χ0) is 14.7. The van der Waals surface area contributed by atoms with Gasteiger partial charge >= 0.3 is 5.97 Å². The number of carbonyl (C=O) groups is 1. The van der Waals surface area contributed by atoms with Gasteiger partial charge in [-0.2, -0.15) is 0 Å². The highest BCUT2D eigenvalue weighted by Crippen LogP contribution is 2.18. The fourth-order valence-corrected chi connectivity index (χ4v) is 2.06. The van der Waals surface area contributed by atoms with Crippen LogP contribution < -0.4 is 5.32 Å². The minimum absolute atomic E-state index is 0.216. The van der Waals surface area contributed by atoms with Crippen molar-refractivity contribution >= 4 is 11.8 Å². The molecule has 0 aliphatic rings. The third-order valence-corrected chi connectivity index (χ3v) is 3.00. The maximum absolute atomic E-state index is 11.3. The molecule has 2 rings (SSSR count). The molecule has 20 heavy (non-hydrogen) atoms. The highest BCUT2D eigenvalue weighted by atomic mass is 16.4. The lowest BCUT2D eigenvalue weighted by atomic mass is 10.1. The van der Waals surface area contributed by atoms with Gasteiger partial charge in [0.15, 0.2) is 0 Å². The Morgan fingerprint density at radius 2 is 2.20 bits per heavy atom. The van der Waals surface area contributed by atoms with Crippen LogP contribution in [0.5, 0.6) is 0 Å². The molecule has 0 aliphatic carbocycles. The van der Waals surface area contributed by atoms with Crippen molar-refractivity contribution < 1.29 is 9.90 Å². The molecular weight excluding hydrogens is 258 g/mol. The van der Waals surface area contributed by atoms with Crippen molar-refractivity contribution in [1.82, 2.24) is 19.7 Å². The lowest BCUT2D eigenvalue weighted by Crippen LogP contribution is -2.14. The van der Waals surface area contributed by atoms with Crippen molar-refractivity contribution in [2.75, 3.05) is 11.9 Å². The third-order valence-electron chi connectivity index (χ3n) is 3.00. The van der Waals surface area contributed by atoms with Gasteiger partial charge in [0, 0.05) is 25.7 Å². The Hall–Kier alpha value is -2.44. The van der Waals surface area contributed by atoms with E-state index >= 15 is 0 Å². The fraction of sp³-hybridized carbons (Fsp3) is 0.385. The molecule has 2 aromatic heterocycles. The van der Waals surface area contributed by atoms with Crippen LogP contribution in [0.15, 0.2) is 12.4 Å². The van der Waals surface area contributed by atoms with Gasteiger partial charge in [-0.25, -0.2) is 9.78 Å². The SMILES string of the molecule is Cc1cc(C)c(C(=O)O)c(NCCc2nncn2C)n1. The van der Waals surface area contributed by atoms with E-state index in [4.69, 9.17) is 0 Å². The van der Waals surface area contributed by atoms with Crippen molar-refractivity contribution in [3.05, 3.63) is 35.0 Å². The number of nitrogens with zero attached hydrogens (tertiary/aromatic N) is 4. The zero-order valence-corrected chi connectivity index (χ0v) is 11.7. The second-order valence-electron chi connectivity index (χ2n) is 4.64. The molecule has 0 amide bonds. The van der Waals surface area contributed by atoms with Crippen LogP contribution >= 0.6 is 0 Å². The van der Waals surface area contributed by atoms with E-state index in [9.17, 15) is 9.90 Å². The Labute approximate surface area is 116 Å². The van der Waals surface area contributed by atoms with Gasteiger partial charge in [-0.3, -0.25) is 0 Å². The highest BCUT2D eigenvalue weighted by molar-refractivity contribution is 5.94. The Kier molecular flexibility index (Phi) is 3.97. The maximum atomic E-state index is 11.3. The van der Waals surface area contributed by atoms with E-state index in [1.807, 2.05) is 18.5 Å². The number of aryl methyl sites for hydroxylation is 3. The molecule has 2 heterocycles. The molecule has 0 atom stereocenters. The Morgan fingerprint density at radius 3 is 2.80 bits per heavy atom. The van der Waals surface area contributed by atoms with E-state index in [-0.39, 0.29) is 5.56 Å². The molecule has 2 aromatic rings. The fourth-order valence-electron chi connectivity index (χ4n) is 2.06. The van der Waals surface area contributed by atoms with E-state index in [2.05, 4.69) is 20.5 Å². The van der Waals surface area contributed by atoms with E-state index in [0.717, 1.165) is 11.5 Å². The van der Waals surface area contributed by atoms with Crippen molar-refractivity contribution in [3.8, 4) is 0 Å². The summed E-state index contributed by atoms with van der Waals surface area (Å²) in [6.07, 6.45) is 2.28. The lowest BCUT2D eigenvalue weighted by molar-refractivity contribution is 0.0697. The first-order chi connectivity index (χ1) is 9.49. The first-order valence-corrected chi connectivity index (χ1v) is 6.27. The van der Waals surface area contributed by atoms with Crippen molar-refractivity contribution in [3.63, 3.8) is 0 Å². The Morgan fingerprint density at radius 1 is 1.45 bits per heavy atom. The van der Waals surface area contributed by atoms with Gasteiger partial charge in [-0.1, -0.05) is 0 Å². The molecule has 0 radical (unpaired) electrons. The summed E-state index contributed by atoms with van der Waals surface area (Å²) in [4.78, 5) is 15.6. The monoisotopic (exact) mass is 275 g/mol. The van der Waals surface area contributed by atoms with Gasteiger partial charge < -0.3 is 15.0 Å².